The van der Waals surface area contributed by atoms with Crippen LogP contribution >= 0.6 is 11.6 Å². The van der Waals surface area contributed by atoms with Gasteiger partial charge >= 0.3 is 0 Å². The fourth-order valence-electron chi connectivity index (χ4n) is 3.43. The number of benzene rings is 2. The summed E-state index contributed by atoms with van der Waals surface area (Å²) < 4.78 is 29.0. The number of carbonyl (C=O) groups excluding carboxylic acids is 1. The number of aryl methyl sites for hydroxylation is 2. The highest BCUT2D eigenvalue weighted by Crippen LogP contribution is 2.33. The minimum atomic E-state index is -2.70. The van der Waals surface area contributed by atoms with Gasteiger partial charge in [0.1, 0.15) is 6.54 Å². The number of nitrogens with zero attached hydrogens (tertiary/aromatic N) is 3. The van der Waals surface area contributed by atoms with E-state index in [-0.39, 0.29) is 29.0 Å². The minimum absolute atomic E-state index is 0.154. The fraction of sp³-hybridized carbons (Fsp3) is 0.174. The fourth-order valence-corrected chi connectivity index (χ4v) is 3.61. The maximum Gasteiger partial charge on any atom is 0.264 e. The van der Waals surface area contributed by atoms with Crippen molar-refractivity contribution in [2.45, 2.75) is 26.8 Å². The van der Waals surface area contributed by atoms with Crippen LogP contribution in [0.1, 0.15) is 23.2 Å². The van der Waals surface area contributed by atoms with Gasteiger partial charge in [-0.2, -0.15) is 5.10 Å². The van der Waals surface area contributed by atoms with Gasteiger partial charge in [-0.25, -0.2) is 18.4 Å². The molecule has 0 saturated carbocycles. The predicted octanol–water partition coefficient (Wildman–Crippen LogP) is 5.94. The van der Waals surface area contributed by atoms with Crippen molar-refractivity contribution in [1.82, 2.24) is 14.8 Å². The standard InChI is InChI=1S/C23H19ClF2N4O/c1-13-8-9-16(10-18(13)24)27-20(31)12-30-23-21(14(2)29-30)17(22(25)26)11-19(28-23)15-6-4-3-5-7-15/h3-11,22H,12H2,1-2H3,(H,27,31). The highest BCUT2D eigenvalue weighted by atomic mass is 35.5. The molecule has 2 heterocycles. The number of anilines is 1. The van der Waals surface area contributed by atoms with Gasteiger partial charge in [-0.15, -0.1) is 0 Å². The summed E-state index contributed by atoms with van der Waals surface area (Å²) in [6, 6.07) is 15.6. The number of rotatable bonds is 5. The number of nitrogens with one attached hydrogen (secondary N) is 1. The van der Waals surface area contributed by atoms with Crippen molar-refractivity contribution in [3.63, 3.8) is 0 Å². The largest absolute Gasteiger partial charge is 0.324 e. The van der Waals surface area contributed by atoms with Crippen LogP contribution in [0.2, 0.25) is 5.02 Å². The molecular formula is C23H19ClF2N4O. The molecule has 4 rings (SSSR count). The number of amides is 1. The average Bonchev–Trinajstić information content (AvgIpc) is 3.05. The van der Waals surface area contributed by atoms with Crippen LogP contribution in [0.3, 0.4) is 0 Å². The van der Waals surface area contributed by atoms with Gasteiger partial charge in [0, 0.05) is 21.8 Å². The summed E-state index contributed by atoms with van der Waals surface area (Å²) >= 11 is 6.11. The molecule has 0 unspecified atom stereocenters. The summed E-state index contributed by atoms with van der Waals surface area (Å²) in [4.78, 5) is 17.2. The van der Waals surface area contributed by atoms with Gasteiger partial charge in [0.05, 0.1) is 16.8 Å². The lowest BCUT2D eigenvalue weighted by Gasteiger charge is -2.10. The van der Waals surface area contributed by atoms with Crippen LogP contribution in [0.25, 0.3) is 22.3 Å². The van der Waals surface area contributed by atoms with Gasteiger partial charge in [0.25, 0.3) is 6.43 Å². The van der Waals surface area contributed by atoms with Gasteiger partial charge in [-0.05, 0) is 37.6 Å². The summed E-state index contributed by atoms with van der Waals surface area (Å²) in [5, 5.41) is 7.87. The van der Waals surface area contributed by atoms with Crippen LogP contribution in [-0.2, 0) is 11.3 Å². The zero-order valence-corrected chi connectivity index (χ0v) is 17.6. The van der Waals surface area contributed by atoms with E-state index in [1.165, 1.54) is 10.7 Å². The van der Waals surface area contributed by atoms with Crippen LogP contribution in [0.15, 0.2) is 54.6 Å². The Kier molecular flexibility index (Phi) is 5.69. The molecule has 5 nitrogen and oxygen atoms in total. The van der Waals surface area contributed by atoms with E-state index < -0.39 is 6.43 Å². The second-order valence-corrected chi connectivity index (χ2v) is 7.62. The van der Waals surface area contributed by atoms with Crippen LogP contribution in [0, 0.1) is 13.8 Å². The van der Waals surface area contributed by atoms with Crippen molar-refractivity contribution in [3.8, 4) is 11.3 Å². The second kappa shape index (κ2) is 8.43. The highest BCUT2D eigenvalue weighted by Gasteiger charge is 2.22. The number of fused-ring (bicyclic) bond motifs is 1. The predicted molar refractivity (Wildman–Crippen MR) is 117 cm³/mol. The molecule has 158 valence electrons. The number of aromatic nitrogens is 3. The number of hydrogen-bond acceptors (Lipinski definition) is 3. The smallest absolute Gasteiger partial charge is 0.264 e. The van der Waals surface area contributed by atoms with Gasteiger partial charge in [-0.1, -0.05) is 48.0 Å². The lowest BCUT2D eigenvalue weighted by Crippen LogP contribution is -2.20. The summed E-state index contributed by atoms with van der Waals surface area (Å²) in [5.74, 6) is -0.366. The molecule has 0 radical (unpaired) electrons. The van der Waals surface area contributed by atoms with E-state index in [0.717, 1.165) is 5.56 Å². The Labute approximate surface area is 182 Å². The van der Waals surface area contributed by atoms with E-state index in [2.05, 4.69) is 15.4 Å². The molecule has 8 heteroatoms. The normalized spacial score (nSPS) is 11.3. The van der Waals surface area contributed by atoms with Crippen molar-refractivity contribution >= 4 is 34.2 Å². The number of hydrogen-bond donors (Lipinski definition) is 1. The Morgan fingerprint density at radius 3 is 2.55 bits per heavy atom. The van der Waals surface area contributed by atoms with Crippen molar-refractivity contribution in [1.29, 1.82) is 0 Å². The van der Waals surface area contributed by atoms with Crippen LogP contribution in [0.5, 0.6) is 0 Å². The van der Waals surface area contributed by atoms with E-state index in [9.17, 15) is 13.6 Å². The first-order valence-electron chi connectivity index (χ1n) is 9.61. The molecule has 4 aromatic rings. The molecule has 2 aromatic carbocycles. The SMILES string of the molecule is Cc1ccc(NC(=O)Cn2nc(C)c3c(C(F)F)cc(-c4ccccc4)nc32)cc1Cl. The topological polar surface area (TPSA) is 59.8 Å². The molecule has 2 aromatic heterocycles. The zero-order valence-electron chi connectivity index (χ0n) is 16.9. The molecule has 0 aliphatic heterocycles. The Morgan fingerprint density at radius 2 is 1.87 bits per heavy atom. The zero-order chi connectivity index (χ0) is 22.1. The number of carbonyl (C=O) groups is 1. The molecule has 1 amide bonds. The summed E-state index contributed by atoms with van der Waals surface area (Å²) in [6.45, 7) is 3.32. The van der Waals surface area contributed by atoms with Crippen LogP contribution in [-0.4, -0.2) is 20.7 Å². The first-order valence-corrected chi connectivity index (χ1v) is 9.99. The molecule has 0 aliphatic carbocycles. The molecule has 0 bridgehead atoms. The highest BCUT2D eigenvalue weighted by molar-refractivity contribution is 6.31. The average molecular weight is 441 g/mol. The van der Waals surface area contributed by atoms with E-state index in [0.29, 0.717) is 27.7 Å². The quantitative estimate of drug-likeness (QED) is 0.417. The third-order valence-corrected chi connectivity index (χ3v) is 5.37. The van der Waals surface area contributed by atoms with Crippen LogP contribution in [0.4, 0.5) is 14.5 Å². The maximum atomic E-state index is 13.8. The third kappa shape index (κ3) is 4.27. The Balaban J connectivity index is 1.73. The second-order valence-electron chi connectivity index (χ2n) is 7.22. The Morgan fingerprint density at radius 1 is 1.13 bits per heavy atom. The van der Waals surface area contributed by atoms with Gasteiger partial charge in [-0.3, -0.25) is 4.79 Å². The Hall–Kier alpha value is -3.32. The van der Waals surface area contributed by atoms with Crippen LogP contribution < -0.4 is 5.32 Å². The van der Waals surface area contributed by atoms with Crippen molar-refractivity contribution in [2.24, 2.45) is 0 Å². The molecule has 0 atom stereocenters. The first-order chi connectivity index (χ1) is 14.8. The molecule has 1 N–H and O–H groups in total. The first kappa shape index (κ1) is 20.9. The van der Waals surface area contributed by atoms with E-state index >= 15 is 0 Å². The monoisotopic (exact) mass is 440 g/mol. The molecular weight excluding hydrogens is 422 g/mol. The van der Waals surface area contributed by atoms with E-state index in [1.807, 2.05) is 25.1 Å². The minimum Gasteiger partial charge on any atom is -0.324 e. The van der Waals surface area contributed by atoms with Gasteiger partial charge in [0.2, 0.25) is 5.91 Å². The molecule has 0 saturated heterocycles. The van der Waals surface area contributed by atoms with Gasteiger partial charge < -0.3 is 5.32 Å². The van der Waals surface area contributed by atoms with Crippen molar-refractivity contribution < 1.29 is 13.6 Å². The lowest BCUT2D eigenvalue weighted by molar-refractivity contribution is -0.116. The van der Waals surface area contributed by atoms with Gasteiger partial charge in [0.15, 0.2) is 5.65 Å². The molecule has 0 aliphatic rings. The number of alkyl halides is 2. The summed E-state index contributed by atoms with van der Waals surface area (Å²) in [5.41, 5.74) is 3.02. The lowest BCUT2D eigenvalue weighted by atomic mass is 10.1. The number of pyridine rings is 1. The third-order valence-electron chi connectivity index (χ3n) is 4.96. The van der Waals surface area contributed by atoms with Crippen molar-refractivity contribution in [3.05, 3.63) is 76.4 Å². The molecule has 0 fully saturated rings. The van der Waals surface area contributed by atoms with E-state index in [1.54, 1.807) is 37.3 Å². The molecule has 31 heavy (non-hydrogen) atoms. The molecule has 0 spiro atoms. The summed E-state index contributed by atoms with van der Waals surface area (Å²) in [6.07, 6.45) is -2.70. The number of halogens is 3. The van der Waals surface area contributed by atoms with E-state index in [4.69, 9.17) is 11.6 Å². The maximum absolute atomic E-state index is 13.8. The summed E-state index contributed by atoms with van der Waals surface area (Å²) in [7, 11) is 0. The van der Waals surface area contributed by atoms with Crippen molar-refractivity contribution in [2.75, 3.05) is 5.32 Å². The Bertz CT molecular complexity index is 1270.